The van der Waals surface area contributed by atoms with Crippen LogP contribution in [0.1, 0.15) is 25.1 Å². The molecule has 0 aliphatic heterocycles. The van der Waals surface area contributed by atoms with E-state index < -0.39 is 0 Å². The van der Waals surface area contributed by atoms with Gasteiger partial charge < -0.3 is 10.1 Å². The summed E-state index contributed by atoms with van der Waals surface area (Å²) < 4.78 is 7.60. The SMILES string of the molecule is CCc1cc(CNC)cc(Oc2cnn(CC)c2)n1. The predicted molar refractivity (Wildman–Crippen MR) is 74.4 cm³/mol. The van der Waals surface area contributed by atoms with Crippen LogP contribution < -0.4 is 10.1 Å². The van der Waals surface area contributed by atoms with Crippen LogP contribution >= 0.6 is 0 Å². The maximum Gasteiger partial charge on any atom is 0.219 e. The number of nitrogens with zero attached hydrogens (tertiary/aromatic N) is 3. The molecule has 0 saturated heterocycles. The number of aromatic nitrogens is 3. The maximum atomic E-state index is 5.77. The minimum Gasteiger partial charge on any atom is -0.436 e. The standard InChI is InChI=1S/C14H20N4O/c1-4-12-6-11(8-15-3)7-14(17-12)19-13-9-16-18(5-2)10-13/h6-7,9-10,15H,4-5,8H2,1-3H3. The van der Waals surface area contributed by atoms with Gasteiger partial charge in [-0.05, 0) is 32.0 Å². The summed E-state index contributed by atoms with van der Waals surface area (Å²) in [6, 6.07) is 4.05. The van der Waals surface area contributed by atoms with Gasteiger partial charge >= 0.3 is 0 Å². The predicted octanol–water partition coefficient (Wildman–Crippen LogP) is 2.37. The molecule has 0 radical (unpaired) electrons. The summed E-state index contributed by atoms with van der Waals surface area (Å²) in [7, 11) is 1.93. The lowest BCUT2D eigenvalue weighted by atomic mass is 10.2. The van der Waals surface area contributed by atoms with Gasteiger partial charge in [0, 0.05) is 24.8 Å². The molecule has 0 aliphatic rings. The number of nitrogens with one attached hydrogen (secondary N) is 1. The first kappa shape index (κ1) is 13.5. The van der Waals surface area contributed by atoms with Crippen molar-refractivity contribution in [3.05, 3.63) is 35.8 Å². The molecule has 5 heteroatoms. The van der Waals surface area contributed by atoms with Gasteiger partial charge in [0.1, 0.15) is 0 Å². The molecule has 0 aromatic carbocycles. The third-order valence-electron chi connectivity index (χ3n) is 2.81. The second kappa shape index (κ2) is 6.33. The number of hydrogen-bond donors (Lipinski definition) is 1. The number of ether oxygens (including phenoxy) is 1. The Kier molecular flexibility index (Phi) is 4.52. The monoisotopic (exact) mass is 260 g/mol. The van der Waals surface area contributed by atoms with Gasteiger partial charge in [-0.15, -0.1) is 0 Å². The molecule has 0 fully saturated rings. The third kappa shape index (κ3) is 3.54. The van der Waals surface area contributed by atoms with Gasteiger partial charge in [0.25, 0.3) is 0 Å². The molecule has 2 rings (SSSR count). The molecule has 19 heavy (non-hydrogen) atoms. The molecule has 2 aromatic rings. The minimum atomic E-state index is 0.625. The maximum absolute atomic E-state index is 5.77. The molecule has 2 heterocycles. The highest BCUT2D eigenvalue weighted by Gasteiger charge is 2.05. The van der Waals surface area contributed by atoms with Gasteiger partial charge in [-0.2, -0.15) is 5.10 Å². The summed E-state index contributed by atoms with van der Waals surface area (Å²) in [5.41, 5.74) is 2.21. The Morgan fingerprint density at radius 1 is 1.32 bits per heavy atom. The first-order valence-corrected chi connectivity index (χ1v) is 6.60. The summed E-state index contributed by atoms with van der Waals surface area (Å²) in [5, 5.41) is 7.32. The zero-order valence-electron chi connectivity index (χ0n) is 11.7. The average Bonchev–Trinajstić information content (AvgIpc) is 2.86. The second-order valence-corrected chi connectivity index (χ2v) is 4.32. The number of aryl methyl sites for hydroxylation is 2. The Bertz CT molecular complexity index is 536. The summed E-state index contributed by atoms with van der Waals surface area (Å²) in [4.78, 5) is 4.48. The van der Waals surface area contributed by atoms with E-state index in [2.05, 4.69) is 28.4 Å². The number of pyridine rings is 1. The van der Waals surface area contributed by atoms with E-state index in [9.17, 15) is 0 Å². The number of hydrogen-bond acceptors (Lipinski definition) is 4. The van der Waals surface area contributed by atoms with Crippen LogP contribution in [0.15, 0.2) is 24.5 Å². The van der Waals surface area contributed by atoms with E-state index >= 15 is 0 Å². The number of rotatable bonds is 6. The van der Waals surface area contributed by atoms with Gasteiger partial charge in [0.05, 0.1) is 12.4 Å². The summed E-state index contributed by atoms with van der Waals surface area (Å²) in [6.07, 6.45) is 4.47. The van der Waals surface area contributed by atoms with Crippen LogP contribution in [-0.4, -0.2) is 21.8 Å². The highest BCUT2D eigenvalue weighted by Crippen LogP contribution is 2.20. The van der Waals surface area contributed by atoms with Crippen molar-refractivity contribution in [2.75, 3.05) is 7.05 Å². The summed E-state index contributed by atoms with van der Waals surface area (Å²) in [6.45, 7) is 5.76. The highest BCUT2D eigenvalue weighted by molar-refractivity contribution is 5.28. The molecule has 0 aliphatic carbocycles. The van der Waals surface area contributed by atoms with Gasteiger partial charge in [-0.1, -0.05) is 6.92 Å². The van der Waals surface area contributed by atoms with Gasteiger partial charge in [0.2, 0.25) is 5.88 Å². The lowest BCUT2D eigenvalue weighted by Gasteiger charge is -2.07. The van der Waals surface area contributed by atoms with Crippen LogP contribution in [0.4, 0.5) is 0 Å². The van der Waals surface area contributed by atoms with Crippen molar-refractivity contribution in [1.29, 1.82) is 0 Å². The molecular formula is C14H20N4O. The van der Waals surface area contributed by atoms with Crippen molar-refractivity contribution >= 4 is 0 Å². The van der Waals surface area contributed by atoms with E-state index in [4.69, 9.17) is 4.74 Å². The molecule has 0 amide bonds. The zero-order valence-corrected chi connectivity index (χ0v) is 11.7. The molecule has 5 nitrogen and oxygen atoms in total. The van der Waals surface area contributed by atoms with Gasteiger partial charge in [0.15, 0.2) is 5.75 Å². The first-order chi connectivity index (χ1) is 9.25. The summed E-state index contributed by atoms with van der Waals surface area (Å²) in [5.74, 6) is 1.35. The lowest BCUT2D eigenvalue weighted by Crippen LogP contribution is -2.06. The molecular weight excluding hydrogens is 240 g/mol. The van der Waals surface area contributed by atoms with E-state index in [1.165, 1.54) is 5.56 Å². The Labute approximate surface area is 113 Å². The molecule has 0 spiro atoms. The molecule has 0 saturated carbocycles. The highest BCUT2D eigenvalue weighted by atomic mass is 16.5. The van der Waals surface area contributed by atoms with Crippen LogP contribution in [-0.2, 0) is 19.5 Å². The van der Waals surface area contributed by atoms with Crippen LogP contribution in [0.2, 0.25) is 0 Å². The van der Waals surface area contributed by atoms with Crippen LogP contribution in [0.3, 0.4) is 0 Å². The van der Waals surface area contributed by atoms with E-state index in [0.717, 1.165) is 31.0 Å². The fourth-order valence-corrected chi connectivity index (χ4v) is 1.85. The molecule has 102 valence electrons. The fraction of sp³-hybridized carbons (Fsp3) is 0.429. The Balaban J connectivity index is 2.20. The van der Waals surface area contributed by atoms with Crippen molar-refractivity contribution in [3.8, 4) is 11.6 Å². The quantitative estimate of drug-likeness (QED) is 0.866. The molecule has 0 atom stereocenters. The van der Waals surface area contributed by atoms with Crippen LogP contribution in [0.25, 0.3) is 0 Å². The molecule has 0 bridgehead atoms. The second-order valence-electron chi connectivity index (χ2n) is 4.32. The van der Waals surface area contributed by atoms with E-state index in [1.54, 1.807) is 6.20 Å². The van der Waals surface area contributed by atoms with Gasteiger partial charge in [-0.25, -0.2) is 4.98 Å². The lowest BCUT2D eigenvalue weighted by molar-refractivity contribution is 0.458. The van der Waals surface area contributed by atoms with E-state index in [1.807, 2.05) is 30.9 Å². The molecule has 1 N–H and O–H groups in total. The van der Waals surface area contributed by atoms with Crippen molar-refractivity contribution < 1.29 is 4.74 Å². The fourth-order valence-electron chi connectivity index (χ4n) is 1.85. The van der Waals surface area contributed by atoms with Crippen molar-refractivity contribution in [1.82, 2.24) is 20.1 Å². The Hall–Kier alpha value is -1.88. The smallest absolute Gasteiger partial charge is 0.219 e. The van der Waals surface area contributed by atoms with Crippen LogP contribution in [0, 0.1) is 0 Å². The van der Waals surface area contributed by atoms with Crippen molar-refractivity contribution in [2.45, 2.75) is 33.4 Å². The van der Waals surface area contributed by atoms with E-state index in [-0.39, 0.29) is 0 Å². The topological polar surface area (TPSA) is 52.0 Å². The Morgan fingerprint density at radius 3 is 2.79 bits per heavy atom. The minimum absolute atomic E-state index is 0.625. The van der Waals surface area contributed by atoms with Gasteiger partial charge in [-0.3, -0.25) is 4.68 Å². The average molecular weight is 260 g/mol. The largest absolute Gasteiger partial charge is 0.436 e. The van der Waals surface area contributed by atoms with Crippen LogP contribution in [0.5, 0.6) is 11.6 Å². The first-order valence-electron chi connectivity index (χ1n) is 6.60. The zero-order chi connectivity index (χ0) is 13.7. The van der Waals surface area contributed by atoms with Crippen molar-refractivity contribution in [2.24, 2.45) is 0 Å². The normalized spacial score (nSPS) is 10.7. The third-order valence-corrected chi connectivity index (χ3v) is 2.81. The summed E-state index contributed by atoms with van der Waals surface area (Å²) >= 11 is 0. The molecule has 0 unspecified atom stereocenters. The molecule has 2 aromatic heterocycles. The van der Waals surface area contributed by atoms with Crippen molar-refractivity contribution in [3.63, 3.8) is 0 Å². The van der Waals surface area contributed by atoms with E-state index in [0.29, 0.717) is 5.88 Å². The Morgan fingerprint density at radius 2 is 2.16 bits per heavy atom.